The van der Waals surface area contributed by atoms with E-state index in [1.165, 1.54) is 0 Å². The zero-order valence-corrected chi connectivity index (χ0v) is 14.1. The van der Waals surface area contributed by atoms with Gasteiger partial charge in [0.05, 0.1) is 10.6 Å². The normalized spacial score (nSPS) is 14.6. The van der Waals surface area contributed by atoms with Gasteiger partial charge in [0.15, 0.2) is 0 Å². The third kappa shape index (κ3) is 4.56. The molecule has 21 heavy (non-hydrogen) atoms. The van der Waals surface area contributed by atoms with E-state index in [4.69, 9.17) is 22.3 Å². The summed E-state index contributed by atoms with van der Waals surface area (Å²) in [5.74, 6) is -1.42. The Morgan fingerprint density at radius 1 is 1.38 bits per heavy atom. The number of amides is 1. The Kier molecular flexibility index (Phi) is 6.01. The van der Waals surface area contributed by atoms with E-state index < -0.39 is 31.2 Å². The van der Waals surface area contributed by atoms with Crippen LogP contribution >= 0.6 is 22.3 Å². The van der Waals surface area contributed by atoms with Crippen molar-refractivity contribution in [3.8, 4) is 0 Å². The summed E-state index contributed by atoms with van der Waals surface area (Å²) in [6.45, 7) is 5.70. The summed E-state index contributed by atoms with van der Waals surface area (Å²) in [7, 11) is 1.04. The van der Waals surface area contributed by atoms with Crippen molar-refractivity contribution < 1.29 is 17.6 Å². The van der Waals surface area contributed by atoms with E-state index >= 15 is 0 Å². The summed E-state index contributed by atoms with van der Waals surface area (Å²) >= 11 is 5.63. The maximum Gasteiger partial charge on any atom is 0.262 e. The van der Waals surface area contributed by atoms with Crippen molar-refractivity contribution in [2.75, 3.05) is 0 Å². The van der Waals surface area contributed by atoms with Gasteiger partial charge in [-0.1, -0.05) is 31.9 Å². The Morgan fingerprint density at radius 2 is 1.95 bits per heavy atom. The lowest BCUT2D eigenvalue weighted by Crippen LogP contribution is -2.37. The minimum atomic E-state index is -4.16. The van der Waals surface area contributed by atoms with Gasteiger partial charge in [-0.15, -0.1) is 0 Å². The first-order valence-corrected chi connectivity index (χ1v) is 9.01. The van der Waals surface area contributed by atoms with Crippen LogP contribution in [0.4, 0.5) is 4.39 Å². The van der Waals surface area contributed by atoms with E-state index in [1.807, 2.05) is 13.8 Å². The first-order chi connectivity index (χ1) is 9.57. The summed E-state index contributed by atoms with van der Waals surface area (Å²) in [5.41, 5.74) is -0.409. The van der Waals surface area contributed by atoms with Crippen LogP contribution < -0.4 is 5.32 Å². The molecule has 2 unspecified atom stereocenters. The monoisotopic (exact) mass is 355 g/mol. The fourth-order valence-corrected chi connectivity index (χ4v) is 3.18. The molecule has 1 aromatic carbocycles. The van der Waals surface area contributed by atoms with Crippen molar-refractivity contribution in [1.29, 1.82) is 0 Å². The van der Waals surface area contributed by atoms with Gasteiger partial charge in [-0.3, -0.25) is 4.79 Å². The number of carbonyl (C=O) groups is 1. The Labute approximate surface area is 133 Å². The van der Waals surface area contributed by atoms with E-state index in [1.54, 1.807) is 6.92 Å². The Morgan fingerprint density at radius 3 is 2.43 bits per heavy atom. The molecule has 4 nitrogen and oxygen atoms in total. The standard InChI is InChI=1S/C13H16Cl2FNO3S/c1-4-7(2)8(3)17-13(18)9-5-12(21(15,19)20)10(14)6-11(9)16/h5-8H,4H2,1-3H3,(H,17,18). The zero-order valence-electron chi connectivity index (χ0n) is 11.8. The maximum atomic E-state index is 13.8. The van der Waals surface area contributed by atoms with Gasteiger partial charge in [0.1, 0.15) is 10.7 Å². The van der Waals surface area contributed by atoms with E-state index in [0.717, 1.165) is 18.6 Å². The van der Waals surface area contributed by atoms with E-state index in [-0.39, 0.29) is 17.0 Å². The predicted molar refractivity (Wildman–Crippen MR) is 80.8 cm³/mol. The van der Waals surface area contributed by atoms with Crippen LogP contribution in [0.5, 0.6) is 0 Å². The van der Waals surface area contributed by atoms with Crippen LogP contribution in [0.3, 0.4) is 0 Å². The van der Waals surface area contributed by atoms with Crippen LogP contribution in [0.25, 0.3) is 0 Å². The topological polar surface area (TPSA) is 63.2 Å². The number of hydrogen-bond donors (Lipinski definition) is 1. The minimum Gasteiger partial charge on any atom is -0.349 e. The molecule has 1 aromatic rings. The summed E-state index contributed by atoms with van der Waals surface area (Å²) in [4.78, 5) is 11.6. The molecule has 1 amide bonds. The van der Waals surface area contributed by atoms with Crippen LogP contribution in [0, 0.1) is 11.7 Å². The lowest BCUT2D eigenvalue weighted by molar-refractivity contribution is 0.0924. The number of nitrogens with one attached hydrogen (secondary N) is 1. The van der Waals surface area contributed by atoms with Crippen molar-refractivity contribution in [3.05, 3.63) is 28.5 Å². The number of hydrogen-bond acceptors (Lipinski definition) is 3. The maximum absolute atomic E-state index is 13.8. The number of carbonyl (C=O) groups excluding carboxylic acids is 1. The van der Waals surface area contributed by atoms with Gasteiger partial charge in [-0.25, -0.2) is 12.8 Å². The van der Waals surface area contributed by atoms with Crippen molar-refractivity contribution in [2.24, 2.45) is 5.92 Å². The predicted octanol–water partition coefficient (Wildman–Crippen LogP) is 3.57. The highest BCUT2D eigenvalue weighted by atomic mass is 35.7. The van der Waals surface area contributed by atoms with Crippen LogP contribution in [0.2, 0.25) is 5.02 Å². The molecule has 118 valence electrons. The summed E-state index contributed by atoms with van der Waals surface area (Å²) < 4.78 is 36.5. The summed E-state index contributed by atoms with van der Waals surface area (Å²) in [6.07, 6.45) is 0.839. The minimum absolute atomic E-state index is 0.186. The van der Waals surface area contributed by atoms with Gasteiger partial charge >= 0.3 is 0 Å². The molecular weight excluding hydrogens is 340 g/mol. The number of rotatable bonds is 5. The quantitative estimate of drug-likeness (QED) is 0.821. The van der Waals surface area contributed by atoms with Gasteiger partial charge in [-0.05, 0) is 25.0 Å². The number of benzene rings is 1. The third-order valence-electron chi connectivity index (χ3n) is 3.39. The Hall–Kier alpha value is -0.850. The highest BCUT2D eigenvalue weighted by molar-refractivity contribution is 8.13. The second kappa shape index (κ2) is 6.94. The third-order valence-corrected chi connectivity index (χ3v) is 5.17. The van der Waals surface area contributed by atoms with Crippen LogP contribution in [0.1, 0.15) is 37.6 Å². The van der Waals surface area contributed by atoms with Crippen molar-refractivity contribution in [2.45, 2.75) is 38.1 Å². The molecule has 0 aliphatic heterocycles. The molecule has 8 heteroatoms. The van der Waals surface area contributed by atoms with Gasteiger partial charge in [0.25, 0.3) is 15.0 Å². The molecule has 0 saturated heterocycles. The Balaban J connectivity index is 3.16. The first-order valence-electron chi connectivity index (χ1n) is 6.32. The second-order valence-electron chi connectivity index (χ2n) is 4.85. The van der Waals surface area contributed by atoms with Crippen molar-refractivity contribution >= 4 is 37.2 Å². The Bertz CT molecular complexity index is 649. The highest BCUT2D eigenvalue weighted by Gasteiger charge is 2.23. The molecule has 1 rings (SSSR count). The van der Waals surface area contributed by atoms with Gasteiger partial charge < -0.3 is 5.32 Å². The first kappa shape index (κ1) is 18.2. The molecule has 0 aromatic heterocycles. The summed E-state index contributed by atoms with van der Waals surface area (Å²) in [6, 6.07) is 1.42. The molecule has 0 radical (unpaired) electrons. The largest absolute Gasteiger partial charge is 0.349 e. The lowest BCUT2D eigenvalue weighted by atomic mass is 10.0. The molecule has 2 atom stereocenters. The van der Waals surface area contributed by atoms with E-state index in [2.05, 4.69) is 5.32 Å². The van der Waals surface area contributed by atoms with E-state index in [0.29, 0.717) is 0 Å². The SMILES string of the molecule is CCC(C)C(C)NC(=O)c1cc(S(=O)(=O)Cl)c(Cl)cc1F. The second-order valence-corrected chi connectivity index (χ2v) is 7.79. The zero-order chi connectivity index (χ0) is 16.4. The molecule has 0 fully saturated rings. The molecule has 0 aliphatic rings. The van der Waals surface area contributed by atoms with E-state index in [9.17, 15) is 17.6 Å². The van der Waals surface area contributed by atoms with Crippen LogP contribution in [-0.2, 0) is 9.05 Å². The average Bonchev–Trinajstić information content (AvgIpc) is 2.35. The number of halogens is 3. The fourth-order valence-electron chi connectivity index (χ4n) is 1.67. The van der Waals surface area contributed by atoms with Crippen molar-refractivity contribution in [3.63, 3.8) is 0 Å². The van der Waals surface area contributed by atoms with Gasteiger partial charge in [0, 0.05) is 16.7 Å². The molecule has 0 spiro atoms. The molecule has 0 bridgehead atoms. The highest BCUT2D eigenvalue weighted by Crippen LogP contribution is 2.27. The molecular formula is C13H16Cl2FNO3S. The lowest BCUT2D eigenvalue weighted by Gasteiger charge is -2.20. The fraction of sp³-hybridized carbons (Fsp3) is 0.462. The van der Waals surface area contributed by atoms with Gasteiger partial charge in [-0.2, -0.15) is 0 Å². The molecule has 0 heterocycles. The van der Waals surface area contributed by atoms with Gasteiger partial charge in [0.2, 0.25) is 0 Å². The van der Waals surface area contributed by atoms with Crippen molar-refractivity contribution in [1.82, 2.24) is 5.32 Å². The van der Waals surface area contributed by atoms with Crippen LogP contribution in [0.15, 0.2) is 17.0 Å². The van der Waals surface area contributed by atoms with Crippen LogP contribution in [-0.4, -0.2) is 20.4 Å². The molecule has 1 N–H and O–H groups in total. The average molecular weight is 356 g/mol. The molecule has 0 saturated carbocycles. The molecule has 0 aliphatic carbocycles. The smallest absolute Gasteiger partial charge is 0.262 e. The summed E-state index contributed by atoms with van der Waals surface area (Å²) in [5, 5.41) is 2.26.